The number of hydrogen-bond donors (Lipinski definition) is 1. The summed E-state index contributed by atoms with van der Waals surface area (Å²) in [5.41, 5.74) is 0.866. The van der Waals surface area contributed by atoms with Gasteiger partial charge in [-0.1, -0.05) is 25.0 Å². The molecule has 6 heteroatoms. The van der Waals surface area contributed by atoms with Crippen molar-refractivity contribution in [3.8, 4) is 17.2 Å². The summed E-state index contributed by atoms with van der Waals surface area (Å²) in [6.45, 7) is 4.26. The van der Waals surface area contributed by atoms with Gasteiger partial charge in [0.1, 0.15) is 22.8 Å². The van der Waals surface area contributed by atoms with Crippen molar-refractivity contribution in [2.75, 3.05) is 13.1 Å². The van der Waals surface area contributed by atoms with Crippen LogP contribution in [0.2, 0.25) is 0 Å². The Labute approximate surface area is 178 Å². The molecule has 1 N–H and O–H groups in total. The van der Waals surface area contributed by atoms with E-state index in [0.29, 0.717) is 34.6 Å². The zero-order valence-electron chi connectivity index (χ0n) is 16.4. The largest absolute Gasteiger partial charge is 0.507 e. The number of benzene rings is 2. The Bertz CT molecular complexity index is 1080. The molecule has 152 valence electrons. The maximum atomic E-state index is 13.2. The van der Waals surface area contributed by atoms with Crippen molar-refractivity contribution in [3.63, 3.8) is 0 Å². The number of likely N-dealkylation sites (tertiary alicyclic amines) is 1. The highest BCUT2D eigenvalue weighted by Gasteiger charge is 2.21. The molecular formula is C23H24BrNO4. The van der Waals surface area contributed by atoms with Crippen LogP contribution >= 0.6 is 15.9 Å². The number of phenols is 1. The van der Waals surface area contributed by atoms with Crippen molar-refractivity contribution in [2.24, 2.45) is 0 Å². The fraction of sp³-hybridized carbons (Fsp3) is 0.348. The van der Waals surface area contributed by atoms with E-state index in [0.717, 1.165) is 30.4 Å². The fourth-order valence-electron chi connectivity index (χ4n) is 3.82. The second-order valence-electron chi connectivity index (χ2n) is 7.48. The standard InChI is InChI=1S/C23H24BrNO4/c1-15-22(29-20-9-5-4-8-18(20)24)21(27)16-10-11-19(26)17(23(16)28-15)14-25-12-6-2-3-7-13-25/h4-5,8-11,26H,2-3,6-7,12-14H2,1H3. The van der Waals surface area contributed by atoms with Gasteiger partial charge in [-0.3, -0.25) is 9.69 Å². The van der Waals surface area contributed by atoms with Crippen LogP contribution in [0.25, 0.3) is 11.0 Å². The van der Waals surface area contributed by atoms with Crippen LogP contribution in [0.1, 0.15) is 37.0 Å². The van der Waals surface area contributed by atoms with Crippen molar-refractivity contribution in [1.82, 2.24) is 4.90 Å². The Morgan fingerprint density at radius 3 is 2.55 bits per heavy atom. The Balaban J connectivity index is 1.76. The summed E-state index contributed by atoms with van der Waals surface area (Å²) in [5, 5.41) is 10.9. The van der Waals surface area contributed by atoms with Gasteiger partial charge in [0.25, 0.3) is 0 Å². The van der Waals surface area contributed by atoms with Gasteiger partial charge in [0.2, 0.25) is 11.2 Å². The summed E-state index contributed by atoms with van der Waals surface area (Å²) >= 11 is 3.44. The van der Waals surface area contributed by atoms with E-state index >= 15 is 0 Å². The molecule has 1 aliphatic heterocycles. The van der Waals surface area contributed by atoms with Gasteiger partial charge in [0.15, 0.2) is 0 Å². The van der Waals surface area contributed by atoms with Gasteiger partial charge in [-0.2, -0.15) is 0 Å². The van der Waals surface area contributed by atoms with E-state index in [-0.39, 0.29) is 16.9 Å². The minimum absolute atomic E-state index is 0.156. The number of para-hydroxylation sites is 1. The quantitative estimate of drug-likeness (QED) is 0.541. The highest BCUT2D eigenvalue weighted by molar-refractivity contribution is 9.10. The van der Waals surface area contributed by atoms with Crippen LogP contribution in [0.4, 0.5) is 0 Å². The molecule has 0 bridgehead atoms. The molecule has 5 nitrogen and oxygen atoms in total. The van der Waals surface area contributed by atoms with Crippen LogP contribution in [0.3, 0.4) is 0 Å². The Morgan fingerprint density at radius 1 is 1.10 bits per heavy atom. The Morgan fingerprint density at radius 2 is 1.83 bits per heavy atom. The molecule has 1 saturated heterocycles. The molecule has 1 aromatic heterocycles. The molecule has 0 amide bonds. The number of aromatic hydroxyl groups is 1. The smallest absolute Gasteiger partial charge is 0.235 e. The van der Waals surface area contributed by atoms with Gasteiger partial charge in [0, 0.05) is 6.54 Å². The van der Waals surface area contributed by atoms with Crippen LogP contribution in [-0.4, -0.2) is 23.1 Å². The minimum Gasteiger partial charge on any atom is -0.507 e. The van der Waals surface area contributed by atoms with E-state index in [4.69, 9.17) is 9.15 Å². The summed E-state index contributed by atoms with van der Waals surface area (Å²) in [4.78, 5) is 15.5. The summed E-state index contributed by atoms with van der Waals surface area (Å²) in [6.07, 6.45) is 4.78. The molecule has 1 aliphatic rings. The van der Waals surface area contributed by atoms with E-state index < -0.39 is 0 Å². The molecule has 2 aromatic carbocycles. The fourth-order valence-corrected chi connectivity index (χ4v) is 4.19. The highest BCUT2D eigenvalue weighted by atomic mass is 79.9. The van der Waals surface area contributed by atoms with Gasteiger partial charge in [0.05, 0.1) is 15.4 Å². The van der Waals surface area contributed by atoms with Crippen LogP contribution < -0.4 is 10.2 Å². The molecule has 0 atom stereocenters. The molecule has 0 spiro atoms. The normalized spacial score (nSPS) is 15.4. The predicted molar refractivity (Wildman–Crippen MR) is 117 cm³/mol. The number of nitrogens with zero attached hydrogens (tertiary/aromatic N) is 1. The lowest BCUT2D eigenvalue weighted by molar-refractivity contribution is 0.272. The summed E-state index contributed by atoms with van der Waals surface area (Å²) in [6, 6.07) is 10.5. The van der Waals surface area contributed by atoms with Crippen molar-refractivity contribution in [1.29, 1.82) is 0 Å². The van der Waals surface area contributed by atoms with Gasteiger partial charge in [-0.15, -0.1) is 0 Å². The maximum absolute atomic E-state index is 13.2. The lowest BCUT2D eigenvalue weighted by atomic mass is 10.1. The number of fused-ring (bicyclic) bond motifs is 1. The lowest BCUT2D eigenvalue weighted by Crippen LogP contribution is -2.24. The third-order valence-corrected chi connectivity index (χ3v) is 6.05. The summed E-state index contributed by atoms with van der Waals surface area (Å²) in [5.74, 6) is 1.26. The van der Waals surface area contributed by atoms with E-state index in [2.05, 4.69) is 20.8 Å². The first-order valence-electron chi connectivity index (χ1n) is 9.97. The molecule has 3 aromatic rings. The van der Waals surface area contributed by atoms with E-state index in [9.17, 15) is 9.90 Å². The first-order valence-corrected chi connectivity index (χ1v) is 10.8. The van der Waals surface area contributed by atoms with E-state index in [1.165, 1.54) is 12.8 Å². The molecular weight excluding hydrogens is 434 g/mol. The molecule has 0 saturated carbocycles. The number of halogens is 1. The highest BCUT2D eigenvalue weighted by Crippen LogP contribution is 2.34. The van der Waals surface area contributed by atoms with Crippen LogP contribution in [-0.2, 0) is 6.54 Å². The molecule has 1 fully saturated rings. The Kier molecular flexibility index (Phi) is 5.92. The molecule has 4 rings (SSSR count). The zero-order valence-corrected chi connectivity index (χ0v) is 18.0. The predicted octanol–water partition coefficient (Wildman–Crippen LogP) is 5.74. The SMILES string of the molecule is Cc1oc2c(CN3CCCCCC3)c(O)ccc2c(=O)c1Oc1ccccc1Br. The molecule has 2 heterocycles. The number of aryl methyl sites for hydroxylation is 1. The maximum Gasteiger partial charge on any atom is 0.235 e. The van der Waals surface area contributed by atoms with Crippen molar-refractivity contribution in [3.05, 3.63) is 62.4 Å². The topological polar surface area (TPSA) is 62.9 Å². The summed E-state index contributed by atoms with van der Waals surface area (Å²) in [7, 11) is 0. The third-order valence-electron chi connectivity index (χ3n) is 5.39. The van der Waals surface area contributed by atoms with Crippen molar-refractivity contribution >= 4 is 26.9 Å². The zero-order chi connectivity index (χ0) is 20.4. The molecule has 29 heavy (non-hydrogen) atoms. The average Bonchev–Trinajstić information content (AvgIpc) is 2.97. The Hall–Kier alpha value is -2.31. The first-order chi connectivity index (χ1) is 14.0. The second-order valence-corrected chi connectivity index (χ2v) is 8.33. The second kappa shape index (κ2) is 8.59. The number of phenolic OH excluding ortho intramolecular Hbond substituents is 1. The average molecular weight is 458 g/mol. The molecule has 0 radical (unpaired) electrons. The van der Waals surface area contributed by atoms with Crippen LogP contribution in [0.15, 0.2) is 50.1 Å². The monoisotopic (exact) mass is 457 g/mol. The van der Waals surface area contributed by atoms with Gasteiger partial charge in [-0.05, 0) is 73.1 Å². The summed E-state index contributed by atoms with van der Waals surface area (Å²) < 4.78 is 12.7. The number of ether oxygens (including phenoxy) is 1. The minimum atomic E-state index is -0.239. The van der Waals surface area contributed by atoms with E-state index in [1.807, 2.05) is 18.2 Å². The molecule has 0 aliphatic carbocycles. The third kappa shape index (κ3) is 4.19. The van der Waals surface area contributed by atoms with Crippen LogP contribution in [0, 0.1) is 6.92 Å². The number of rotatable bonds is 4. The van der Waals surface area contributed by atoms with E-state index in [1.54, 1.807) is 25.1 Å². The lowest BCUT2D eigenvalue weighted by Gasteiger charge is -2.21. The van der Waals surface area contributed by atoms with Crippen molar-refractivity contribution in [2.45, 2.75) is 39.2 Å². The van der Waals surface area contributed by atoms with Gasteiger partial charge >= 0.3 is 0 Å². The van der Waals surface area contributed by atoms with Crippen molar-refractivity contribution < 1.29 is 14.3 Å². The number of hydrogen-bond acceptors (Lipinski definition) is 5. The van der Waals surface area contributed by atoms with Gasteiger partial charge in [-0.25, -0.2) is 0 Å². The first kappa shape index (κ1) is 20.0. The van der Waals surface area contributed by atoms with Gasteiger partial charge < -0.3 is 14.3 Å². The molecule has 0 unspecified atom stereocenters. The van der Waals surface area contributed by atoms with Crippen LogP contribution in [0.5, 0.6) is 17.2 Å².